The number of nitriles is 1. The Balaban J connectivity index is 2.51. The fourth-order valence-electron chi connectivity index (χ4n) is 1.20. The molecule has 1 heterocycles. The van der Waals surface area contributed by atoms with Gasteiger partial charge in [0.1, 0.15) is 11.6 Å². The fourth-order valence-corrected chi connectivity index (χ4v) is 1.44. The highest BCUT2D eigenvalue weighted by Gasteiger charge is 2.08. The highest BCUT2D eigenvalue weighted by molar-refractivity contribution is 6.30. The minimum absolute atomic E-state index is 0.308. The van der Waals surface area contributed by atoms with Gasteiger partial charge in [0.15, 0.2) is 5.15 Å². The van der Waals surface area contributed by atoms with Crippen LogP contribution in [0.15, 0.2) is 30.5 Å². The van der Waals surface area contributed by atoms with E-state index >= 15 is 0 Å². The van der Waals surface area contributed by atoms with Crippen LogP contribution < -0.4 is 5.73 Å². The molecule has 0 unspecified atom stereocenters. The number of benzene rings is 1. The van der Waals surface area contributed by atoms with E-state index in [-0.39, 0.29) is 0 Å². The highest BCUT2D eigenvalue weighted by Crippen LogP contribution is 2.19. The molecule has 0 saturated heterocycles. The summed E-state index contributed by atoms with van der Waals surface area (Å²) in [4.78, 5) is 0. The Kier molecular flexibility index (Phi) is 2.32. The van der Waals surface area contributed by atoms with Crippen molar-refractivity contribution in [1.82, 2.24) is 9.78 Å². The van der Waals surface area contributed by atoms with Crippen LogP contribution in [-0.2, 0) is 0 Å². The zero-order valence-electron chi connectivity index (χ0n) is 7.68. The van der Waals surface area contributed by atoms with Gasteiger partial charge < -0.3 is 5.73 Å². The first-order chi connectivity index (χ1) is 7.22. The number of aromatic nitrogens is 2. The smallest absolute Gasteiger partial charge is 0.150 e. The van der Waals surface area contributed by atoms with Crippen molar-refractivity contribution in [3.8, 4) is 11.8 Å². The maximum Gasteiger partial charge on any atom is 0.150 e. The average Bonchev–Trinajstić information content (AvgIpc) is 2.61. The van der Waals surface area contributed by atoms with E-state index in [4.69, 9.17) is 22.6 Å². The van der Waals surface area contributed by atoms with Crippen molar-refractivity contribution in [2.75, 3.05) is 5.73 Å². The molecule has 0 atom stereocenters. The van der Waals surface area contributed by atoms with Crippen molar-refractivity contribution in [2.24, 2.45) is 0 Å². The number of rotatable bonds is 1. The summed E-state index contributed by atoms with van der Waals surface area (Å²) in [6, 6.07) is 9.03. The fraction of sp³-hybridized carbons (Fsp3) is 0. The van der Waals surface area contributed by atoms with E-state index in [9.17, 15) is 0 Å². The maximum absolute atomic E-state index is 8.72. The minimum Gasteiger partial charge on any atom is -0.399 e. The van der Waals surface area contributed by atoms with Crippen LogP contribution in [0.5, 0.6) is 0 Å². The number of nitrogen functional groups attached to an aromatic ring is 1. The summed E-state index contributed by atoms with van der Waals surface area (Å²) in [5, 5.41) is 13.0. The molecule has 1 aromatic carbocycles. The SMILES string of the molecule is N#Cc1cnn(-c2ccc(N)cc2)c1Cl. The summed E-state index contributed by atoms with van der Waals surface area (Å²) >= 11 is 5.95. The zero-order valence-corrected chi connectivity index (χ0v) is 8.44. The van der Waals surface area contributed by atoms with Crippen LogP contribution in [-0.4, -0.2) is 9.78 Å². The molecule has 0 aliphatic heterocycles. The predicted molar refractivity (Wildman–Crippen MR) is 57.7 cm³/mol. The van der Waals surface area contributed by atoms with Crippen molar-refractivity contribution < 1.29 is 0 Å². The van der Waals surface area contributed by atoms with Crippen LogP contribution >= 0.6 is 11.6 Å². The molecule has 2 N–H and O–H groups in total. The minimum atomic E-state index is 0.308. The maximum atomic E-state index is 8.72. The number of anilines is 1. The quantitative estimate of drug-likeness (QED) is 0.745. The molecule has 2 aromatic rings. The van der Waals surface area contributed by atoms with E-state index in [2.05, 4.69) is 5.10 Å². The molecule has 0 radical (unpaired) electrons. The van der Waals surface area contributed by atoms with Crippen molar-refractivity contribution in [1.29, 1.82) is 5.26 Å². The van der Waals surface area contributed by atoms with Gasteiger partial charge in [0, 0.05) is 5.69 Å². The normalized spacial score (nSPS) is 9.87. The first kappa shape index (κ1) is 9.56. The summed E-state index contributed by atoms with van der Waals surface area (Å²) in [5.74, 6) is 0. The third kappa shape index (κ3) is 1.65. The van der Waals surface area contributed by atoms with E-state index in [1.807, 2.05) is 6.07 Å². The van der Waals surface area contributed by atoms with Gasteiger partial charge in [-0.25, -0.2) is 4.68 Å². The molecule has 0 amide bonds. The zero-order chi connectivity index (χ0) is 10.8. The summed E-state index contributed by atoms with van der Waals surface area (Å²) in [6.07, 6.45) is 1.43. The monoisotopic (exact) mass is 218 g/mol. The Morgan fingerprint density at radius 1 is 1.33 bits per heavy atom. The molecule has 5 heteroatoms. The molecule has 0 aliphatic carbocycles. The highest BCUT2D eigenvalue weighted by atomic mass is 35.5. The number of halogens is 1. The van der Waals surface area contributed by atoms with Gasteiger partial charge in [-0.15, -0.1) is 0 Å². The summed E-state index contributed by atoms with van der Waals surface area (Å²) in [7, 11) is 0. The Bertz CT molecular complexity index is 521. The van der Waals surface area contributed by atoms with E-state index in [0.29, 0.717) is 16.4 Å². The average molecular weight is 219 g/mol. The number of nitrogens with zero attached hydrogens (tertiary/aromatic N) is 3. The van der Waals surface area contributed by atoms with Crippen LogP contribution in [0.3, 0.4) is 0 Å². The Morgan fingerprint density at radius 3 is 2.53 bits per heavy atom. The van der Waals surface area contributed by atoms with Gasteiger partial charge in [-0.1, -0.05) is 11.6 Å². The van der Waals surface area contributed by atoms with E-state index in [1.54, 1.807) is 24.3 Å². The van der Waals surface area contributed by atoms with Crippen LogP contribution in [0.4, 0.5) is 5.69 Å². The van der Waals surface area contributed by atoms with Gasteiger partial charge in [-0.3, -0.25) is 0 Å². The van der Waals surface area contributed by atoms with Crippen molar-refractivity contribution in [3.63, 3.8) is 0 Å². The van der Waals surface area contributed by atoms with Crippen LogP contribution in [0, 0.1) is 11.3 Å². The van der Waals surface area contributed by atoms with Gasteiger partial charge in [0.05, 0.1) is 11.9 Å². The second-order valence-electron chi connectivity index (χ2n) is 2.96. The molecular weight excluding hydrogens is 212 g/mol. The van der Waals surface area contributed by atoms with E-state index in [1.165, 1.54) is 10.9 Å². The Labute approximate surface area is 91.5 Å². The van der Waals surface area contributed by atoms with Gasteiger partial charge in [0.2, 0.25) is 0 Å². The van der Waals surface area contributed by atoms with Crippen LogP contribution in [0.2, 0.25) is 5.15 Å². The lowest BCUT2D eigenvalue weighted by Gasteiger charge is -2.02. The molecule has 1 aromatic heterocycles. The van der Waals surface area contributed by atoms with Gasteiger partial charge in [-0.05, 0) is 24.3 Å². The van der Waals surface area contributed by atoms with Gasteiger partial charge in [0.25, 0.3) is 0 Å². The van der Waals surface area contributed by atoms with Crippen molar-refractivity contribution >= 4 is 17.3 Å². The third-order valence-corrected chi connectivity index (χ3v) is 2.33. The molecule has 0 fully saturated rings. The molecule has 0 spiro atoms. The van der Waals surface area contributed by atoms with Crippen molar-refractivity contribution in [3.05, 3.63) is 41.2 Å². The van der Waals surface area contributed by atoms with Crippen LogP contribution in [0.25, 0.3) is 5.69 Å². The standard InChI is InChI=1S/C10H7ClN4/c11-10-7(5-12)6-14-15(10)9-3-1-8(13)2-4-9/h1-4,6H,13H2. The predicted octanol–water partition coefficient (Wildman–Crippen LogP) is 1.98. The molecule has 2 rings (SSSR count). The molecule has 15 heavy (non-hydrogen) atoms. The van der Waals surface area contributed by atoms with Gasteiger partial charge >= 0.3 is 0 Å². The molecule has 74 valence electrons. The van der Waals surface area contributed by atoms with Gasteiger partial charge in [-0.2, -0.15) is 10.4 Å². The largest absolute Gasteiger partial charge is 0.399 e. The summed E-state index contributed by atoms with van der Waals surface area (Å²) in [6.45, 7) is 0. The molecule has 0 saturated carbocycles. The van der Waals surface area contributed by atoms with E-state index in [0.717, 1.165) is 5.69 Å². The molecule has 0 aliphatic rings. The summed E-state index contributed by atoms with van der Waals surface area (Å²) in [5.41, 5.74) is 7.36. The first-order valence-corrected chi connectivity index (χ1v) is 4.59. The number of nitrogens with two attached hydrogens (primary N) is 1. The second kappa shape index (κ2) is 3.64. The lowest BCUT2D eigenvalue weighted by atomic mass is 10.3. The lowest BCUT2D eigenvalue weighted by Crippen LogP contribution is -1.96. The second-order valence-corrected chi connectivity index (χ2v) is 3.32. The number of hydrogen-bond acceptors (Lipinski definition) is 3. The third-order valence-electron chi connectivity index (χ3n) is 1.97. The first-order valence-electron chi connectivity index (χ1n) is 4.22. The number of hydrogen-bond donors (Lipinski definition) is 1. The lowest BCUT2D eigenvalue weighted by molar-refractivity contribution is 0.881. The molecular formula is C10H7ClN4. The molecule has 0 bridgehead atoms. The molecule has 4 nitrogen and oxygen atoms in total. The Morgan fingerprint density at radius 2 is 2.00 bits per heavy atom. The Hall–Kier alpha value is -1.99. The van der Waals surface area contributed by atoms with Crippen molar-refractivity contribution in [2.45, 2.75) is 0 Å². The van der Waals surface area contributed by atoms with E-state index < -0.39 is 0 Å². The summed E-state index contributed by atoms with van der Waals surface area (Å²) < 4.78 is 1.49. The van der Waals surface area contributed by atoms with Crippen LogP contribution in [0.1, 0.15) is 5.56 Å². The topological polar surface area (TPSA) is 67.6 Å².